The first-order valence-electron chi connectivity index (χ1n) is 17.0. The lowest BCUT2D eigenvalue weighted by molar-refractivity contribution is -0.291. The molecule has 4 aliphatic heterocycles. The van der Waals surface area contributed by atoms with E-state index in [1.807, 2.05) is 30.3 Å². The minimum Gasteiger partial charge on any atom is -0.648 e. The third-order valence-electron chi connectivity index (χ3n) is 11.2. The van der Waals surface area contributed by atoms with E-state index in [9.17, 15) is 0 Å². The predicted molar refractivity (Wildman–Crippen MR) is 199 cm³/mol. The van der Waals surface area contributed by atoms with Crippen LogP contribution in [0, 0.1) is 0 Å². The van der Waals surface area contributed by atoms with Crippen LogP contribution in [0.5, 0.6) is 5.75 Å². The van der Waals surface area contributed by atoms with Crippen molar-refractivity contribution in [2.45, 2.75) is 0 Å². The van der Waals surface area contributed by atoms with E-state index in [0.717, 1.165) is 105 Å². The maximum absolute atomic E-state index is 7.62. The van der Waals surface area contributed by atoms with Crippen LogP contribution in [0.4, 0.5) is 11.6 Å². The van der Waals surface area contributed by atoms with Crippen LogP contribution in [0.3, 0.4) is 0 Å². The molecular weight excluding hydrogens is 615 g/mol. The molecule has 4 aliphatic rings. The first kappa shape index (κ1) is 25.3. The van der Waals surface area contributed by atoms with E-state index in [1.54, 1.807) is 0 Å². The van der Waals surface area contributed by atoms with Crippen molar-refractivity contribution in [3.8, 4) is 5.75 Å². The summed E-state index contributed by atoms with van der Waals surface area (Å²) in [7, 11) is 0. The number of aromatic nitrogens is 2. The molecule has 0 saturated heterocycles. The number of benzene rings is 7. The SMILES string of the molecule is c1ccc(O[B@-]23n4c5c6ccc7ccccc7c6c4N=C4c6c(ccc7ccccc67)C(=[N+]42)N=c2c4c(ccc6ccccc64)c(n23)=N5)cc1. The van der Waals surface area contributed by atoms with Crippen molar-refractivity contribution in [2.75, 3.05) is 0 Å². The monoisotopic (exact) mass is 638 g/mol. The molecule has 0 spiro atoms. The molecule has 0 saturated carbocycles. The van der Waals surface area contributed by atoms with Gasteiger partial charge in [0, 0.05) is 10.8 Å². The normalized spacial score (nSPS) is 17.6. The molecule has 0 fully saturated rings. The highest BCUT2D eigenvalue weighted by Gasteiger charge is 2.59. The number of hydrogen-bond donors (Lipinski definition) is 0. The van der Waals surface area contributed by atoms with Crippen LogP contribution >= 0.6 is 0 Å². The number of para-hydroxylation sites is 1. The van der Waals surface area contributed by atoms with E-state index >= 15 is 0 Å². The summed E-state index contributed by atoms with van der Waals surface area (Å²) in [5.74, 6) is 4.13. The van der Waals surface area contributed by atoms with Crippen molar-refractivity contribution in [3.05, 3.63) is 162 Å². The topological polar surface area (TPSA) is 59.2 Å². The maximum Gasteiger partial charge on any atom is 0.568 e. The molecule has 8 heteroatoms. The molecule has 0 bridgehead atoms. The average molecular weight is 638 g/mol. The Balaban J connectivity index is 1.34. The fourth-order valence-corrected chi connectivity index (χ4v) is 9.26. The Morgan fingerprint density at radius 3 is 1.90 bits per heavy atom. The Bertz CT molecular complexity index is 3300. The van der Waals surface area contributed by atoms with Gasteiger partial charge in [-0.05, 0) is 62.6 Å². The quantitative estimate of drug-likeness (QED) is 0.179. The zero-order chi connectivity index (χ0) is 32.3. The number of amidine groups is 2. The van der Waals surface area contributed by atoms with Crippen LogP contribution < -0.4 is 15.6 Å². The van der Waals surface area contributed by atoms with E-state index in [4.69, 9.17) is 19.6 Å². The van der Waals surface area contributed by atoms with Crippen LogP contribution in [0.1, 0.15) is 11.1 Å². The molecule has 0 N–H and O–H groups in total. The summed E-state index contributed by atoms with van der Waals surface area (Å²) < 4.78 is 14.5. The molecule has 7 aromatic carbocycles. The summed E-state index contributed by atoms with van der Waals surface area (Å²) in [6.45, 7) is -2.34. The minimum atomic E-state index is -2.34. The van der Waals surface area contributed by atoms with E-state index in [1.165, 1.54) is 0 Å². The Labute approximate surface area is 283 Å². The Morgan fingerprint density at radius 2 is 1.12 bits per heavy atom. The summed E-state index contributed by atoms with van der Waals surface area (Å²) in [5.41, 5.74) is 3.81. The lowest BCUT2D eigenvalue weighted by atomic mass is 9.75. The lowest BCUT2D eigenvalue weighted by Gasteiger charge is -2.47. The molecule has 6 heterocycles. The van der Waals surface area contributed by atoms with Gasteiger partial charge in [-0.25, -0.2) is 4.99 Å². The second-order valence-corrected chi connectivity index (χ2v) is 13.6. The van der Waals surface area contributed by atoms with Gasteiger partial charge in [0.1, 0.15) is 11.3 Å². The van der Waals surface area contributed by atoms with Crippen molar-refractivity contribution in [2.24, 2.45) is 15.0 Å². The van der Waals surface area contributed by atoms with Crippen molar-refractivity contribution in [3.63, 3.8) is 0 Å². The van der Waals surface area contributed by atoms with Gasteiger partial charge in [-0.1, -0.05) is 119 Å². The van der Waals surface area contributed by atoms with E-state index < -0.39 is 6.75 Å². The summed E-state index contributed by atoms with van der Waals surface area (Å²) in [5, 5.41) is 11.2. The Kier molecular flexibility index (Phi) is 4.26. The largest absolute Gasteiger partial charge is 0.648 e. The second kappa shape index (κ2) is 8.43. The number of hydrogen-bond acceptors (Lipinski definition) is 4. The molecule has 13 rings (SSSR count). The number of fused-ring (bicyclic) bond motifs is 15. The molecule has 0 unspecified atom stereocenters. The van der Waals surface area contributed by atoms with Gasteiger partial charge in [0.25, 0.3) is 0 Å². The van der Waals surface area contributed by atoms with Crippen LogP contribution in [0.25, 0.3) is 53.9 Å². The van der Waals surface area contributed by atoms with Gasteiger partial charge in [0.05, 0.1) is 27.6 Å². The van der Waals surface area contributed by atoms with E-state index in [0.29, 0.717) is 0 Å². The molecule has 230 valence electrons. The summed E-state index contributed by atoms with van der Waals surface area (Å²) in [4.78, 5) is 16.9. The van der Waals surface area contributed by atoms with E-state index in [-0.39, 0.29) is 0 Å². The predicted octanol–water partition coefficient (Wildman–Crippen LogP) is 7.73. The molecule has 50 heavy (non-hydrogen) atoms. The molecule has 2 aromatic heterocycles. The smallest absolute Gasteiger partial charge is 0.568 e. The Morgan fingerprint density at radius 1 is 0.480 bits per heavy atom. The highest BCUT2D eigenvalue weighted by Crippen LogP contribution is 2.49. The van der Waals surface area contributed by atoms with Crippen molar-refractivity contribution >= 4 is 83.9 Å². The molecule has 0 amide bonds. The maximum atomic E-state index is 7.62. The van der Waals surface area contributed by atoms with Gasteiger partial charge in [-0.3, -0.25) is 0 Å². The van der Waals surface area contributed by atoms with Gasteiger partial charge in [0.2, 0.25) is 11.7 Å². The number of nitrogens with zero attached hydrogens (tertiary/aromatic N) is 6. The molecule has 0 aliphatic carbocycles. The first-order chi connectivity index (χ1) is 24.8. The van der Waals surface area contributed by atoms with Gasteiger partial charge in [0.15, 0.2) is 11.3 Å². The van der Waals surface area contributed by atoms with Gasteiger partial charge in [-0.2, -0.15) is 0 Å². The van der Waals surface area contributed by atoms with Gasteiger partial charge in [-0.15, -0.1) is 0 Å². The molecule has 7 nitrogen and oxygen atoms in total. The fraction of sp³-hybridized carbons (Fsp3) is 0. The Hall–Kier alpha value is -6.80. The second-order valence-electron chi connectivity index (χ2n) is 13.6. The summed E-state index contributed by atoms with van der Waals surface area (Å²) >= 11 is 0. The zero-order valence-corrected chi connectivity index (χ0v) is 26.4. The third-order valence-corrected chi connectivity index (χ3v) is 11.2. The van der Waals surface area contributed by atoms with Gasteiger partial charge < -0.3 is 18.1 Å². The van der Waals surface area contributed by atoms with Crippen LogP contribution in [0.15, 0.2) is 155 Å². The number of aliphatic imine (C=N–C) groups is 1. The fourth-order valence-electron chi connectivity index (χ4n) is 9.26. The molecule has 9 aromatic rings. The standard InChI is InChI=1S/C42H23BN6O/c1-2-13-27(14-3-1)50-43-47-37-31-21-18-24-10-4-7-15-28(24)34(31)40(47)45-39-33-23-20-26-12-6-9-17-30(26)36(33)42(49(39)43)46-41-35-29-16-8-5-11-25(29)19-22-32(35)38(44-37)48(41)43/h1-23H/t43-/m1/s1. The van der Waals surface area contributed by atoms with Crippen LogP contribution in [0.2, 0.25) is 0 Å². The molecule has 0 radical (unpaired) electrons. The average Bonchev–Trinajstić information content (AvgIpc) is 3.80. The van der Waals surface area contributed by atoms with Gasteiger partial charge >= 0.3 is 6.75 Å². The molecular formula is C42H23BN6O. The van der Waals surface area contributed by atoms with Crippen LogP contribution in [-0.2, 0) is 0 Å². The minimum absolute atomic E-state index is 0.761. The van der Waals surface area contributed by atoms with E-state index in [2.05, 4.69) is 123 Å². The van der Waals surface area contributed by atoms with Crippen LogP contribution in [-0.4, -0.2) is 31.9 Å². The summed E-state index contributed by atoms with van der Waals surface area (Å²) in [6.07, 6.45) is 0. The number of rotatable bonds is 2. The van der Waals surface area contributed by atoms with Crippen molar-refractivity contribution in [1.29, 1.82) is 0 Å². The highest BCUT2D eigenvalue weighted by atomic mass is 16.5. The highest BCUT2D eigenvalue weighted by molar-refractivity contribution is 6.69. The zero-order valence-electron chi connectivity index (χ0n) is 26.4. The first-order valence-corrected chi connectivity index (χ1v) is 17.0. The van der Waals surface area contributed by atoms with Crippen molar-refractivity contribution in [1.82, 2.24) is 8.96 Å². The summed E-state index contributed by atoms with van der Waals surface area (Å²) in [6, 6.07) is 49.1. The lowest BCUT2D eigenvalue weighted by Crippen LogP contribution is -2.75. The molecule has 1 atom stereocenters. The van der Waals surface area contributed by atoms with Crippen molar-refractivity contribution < 1.29 is 9.14 Å². The third kappa shape index (κ3) is 2.73.